The Bertz CT molecular complexity index is 714. The van der Waals surface area contributed by atoms with Crippen LogP contribution >= 0.6 is 11.8 Å². The third-order valence-electron chi connectivity index (χ3n) is 3.12. The van der Waals surface area contributed by atoms with Crippen molar-refractivity contribution >= 4 is 28.6 Å². The third-order valence-corrected chi connectivity index (χ3v) is 3.99. The molecule has 2 aromatic rings. The molecule has 0 bridgehead atoms. The average molecular weight is 344 g/mol. The number of nitrogens with two attached hydrogens (primary N) is 1. The summed E-state index contributed by atoms with van der Waals surface area (Å²) < 4.78 is 10.1. The number of ether oxygens (including phenoxy) is 2. The van der Waals surface area contributed by atoms with E-state index in [1.54, 1.807) is 12.1 Å². The van der Waals surface area contributed by atoms with E-state index in [1.165, 1.54) is 18.9 Å². The average Bonchev–Trinajstić information content (AvgIpc) is 2.61. The third kappa shape index (κ3) is 5.31. The van der Waals surface area contributed by atoms with Crippen LogP contribution in [0.1, 0.15) is 22.8 Å². The summed E-state index contributed by atoms with van der Waals surface area (Å²) in [6.07, 6.45) is 0. The predicted molar refractivity (Wildman–Crippen MR) is 98.0 cm³/mol. The zero-order valence-electron chi connectivity index (χ0n) is 13.7. The summed E-state index contributed by atoms with van der Waals surface area (Å²) in [6, 6.07) is 14.7. The van der Waals surface area contributed by atoms with Crippen molar-refractivity contribution in [1.29, 1.82) is 0 Å². The second-order valence-corrected chi connectivity index (χ2v) is 5.85. The summed E-state index contributed by atoms with van der Waals surface area (Å²) in [5.74, 6) is 1.08. The molecule has 0 aromatic heterocycles. The number of hydrogen-bond acceptors (Lipinski definition) is 5. The van der Waals surface area contributed by atoms with Crippen LogP contribution in [0.3, 0.4) is 0 Å². The van der Waals surface area contributed by atoms with E-state index >= 15 is 0 Å². The van der Waals surface area contributed by atoms with Crippen molar-refractivity contribution in [2.45, 2.75) is 12.7 Å². The lowest BCUT2D eigenvalue weighted by atomic mass is 10.1. The van der Waals surface area contributed by atoms with Gasteiger partial charge in [-0.1, -0.05) is 23.9 Å². The van der Waals surface area contributed by atoms with E-state index < -0.39 is 0 Å². The second kappa shape index (κ2) is 8.98. The van der Waals surface area contributed by atoms with Crippen LogP contribution in [-0.2, 0) is 10.5 Å². The summed E-state index contributed by atoms with van der Waals surface area (Å²) in [4.78, 5) is 15.9. The number of carbonyl (C=O) groups is 1. The molecule has 0 radical (unpaired) electrons. The Hall–Kier alpha value is -2.47. The molecule has 0 aliphatic rings. The lowest BCUT2D eigenvalue weighted by molar-refractivity contribution is 0.0600. The van der Waals surface area contributed by atoms with E-state index in [0.29, 0.717) is 23.1 Å². The fourth-order valence-electron chi connectivity index (χ4n) is 2.01. The van der Waals surface area contributed by atoms with E-state index in [-0.39, 0.29) is 5.97 Å². The van der Waals surface area contributed by atoms with Crippen LogP contribution in [0.4, 0.5) is 5.69 Å². The maximum Gasteiger partial charge on any atom is 0.337 e. The van der Waals surface area contributed by atoms with Gasteiger partial charge in [-0.25, -0.2) is 9.79 Å². The van der Waals surface area contributed by atoms with E-state index in [1.807, 2.05) is 43.3 Å². The molecule has 0 fully saturated rings. The first kappa shape index (κ1) is 17.9. The van der Waals surface area contributed by atoms with Crippen LogP contribution in [-0.4, -0.2) is 24.9 Å². The molecule has 6 heteroatoms. The monoisotopic (exact) mass is 344 g/mol. The molecule has 0 atom stereocenters. The first-order valence-electron chi connectivity index (χ1n) is 7.49. The minimum atomic E-state index is -0.349. The molecule has 2 aromatic carbocycles. The second-order valence-electron chi connectivity index (χ2n) is 4.86. The fourth-order valence-corrected chi connectivity index (χ4v) is 2.67. The Kier molecular flexibility index (Phi) is 6.69. The maximum atomic E-state index is 11.5. The molecule has 0 aliphatic heterocycles. The molecular formula is C18H20N2O3S. The number of rotatable bonds is 6. The Morgan fingerprint density at radius 1 is 1.21 bits per heavy atom. The number of carbonyl (C=O) groups excluding carboxylic acids is 1. The van der Waals surface area contributed by atoms with E-state index in [4.69, 9.17) is 15.2 Å². The number of amidine groups is 1. The molecule has 0 amide bonds. The van der Waals surface area contributed by atoms with Crippen LogP contribution in [0, 0.1) is 0 Å². The molecule has 24 heavy (non-hydrogen) atoms. The number of methoxy groups -OCH3 is 1. The van der Waals surface area contributed by atoms with Gasteiger partial charge in [0.1, 0.15) is 5.75 Å². The van der Waals surface area contributed by atoms with Crippen LogP contribution in [0.15, 0.2) is 53.5 Å². The molecular weight excluding hydrogens is 324 g/mol. The number of benzene rings is 2. The van der Waals surface area contributed by atoms with Gasteiger partial charge < -0.3 is 15.2 Å². The van der Waals surface area contributed by atoms with Gasteiger partial charge in [0.25, 0.3) is 0 Å². The number of aliphatic imine (C=N–C) groups is 1. The number of hydrogen-bond donors (Lipinski definition) is 1. The highest BCUT2D eigenvalue weighted by Crippen LogP contribution is 2.20. The van der Waals surface area contributed by atoms with E-state index in [0.717, 1.165) is 17.0 Å². The molecule has 126 valence electrons. The Morgan fingerprint density at radius 3 is 2.62 bits per heavy atom. The van der Waals surface area contributed by atoms with Crippen molar-refractivity contribution in [3.63, 3.8) is 0 Å². The SMILES string of the molecule is CCOc1ccc(N=C(N)SCc2cccc(C(=O)OC)c2)cc1. The minimum absolute atomic E-state index is 0.349. The van der Waals surface area contributed by atoms with Gasteiger partial charge in [0.15, 0.2) is 5.17 Å². The first-order chi connectivity index (χ1) is 11.6. The van der Waals surface area contributed by atoms with Gasteiger partial charge in [-0.2, -0.15) is 0 Å². The molecule has 0 spiro atoms. The number of thioether (sulfide) groups is 1. The smallest absolute Gasteiger partial charge is 0.337 e. The van der Waals surface area contributed by atoms with Crippen molar-refractivity contribution in [3.05, 3.63) is 59.7 Å². The van der Waals surface area contributed by atoms with Gasteiger partial charge in [0, 0.05) is 5.75 Å². The molecule has 2 rings (SSSR count). The van der Waals surface area contributed by atoms with Gasteiger partial charge in [-0.3, -0.25) is 0 Å². The molecule has 2 N–H and O–H groups in total. The quantitative estimate of drug-likeness (QED) is 0.491. The van der Waals surface area contributed by atoms with E-state index in [9.17, 15) is 4.79 Å². The molecule has 0 unspecified atom stereocenters. The van der Waals surface area contributed by atoms with Crippen molar-refractivity contribution < 1.29 is 14.3 Å². The van der Waals surface area contributed by atoms with Gasteiger partial charge in [0.05, 0.1) is 25.0 Å². The number of nitrogens with zero attached hydrogens (tertiary/aromatic N) is 1. The lowest BCUT2D eigenvalue weighted by Gasteiger charge is -2.05. The highest BCUT2D eigenvalue weighted by atomic mass is 32.2. The van der Waals surface area contributed by atoms with Crippen LogP contribution in [0.5, 0.6) is 5.75 Å². The molecule has 0 heterocycles. The summed E-state index contributed by atoms with van der Waals surface area (Å²) in [5.41, 5.74) is 8.24. The summed E-state index contributed by atoms with van der Waals surface area (Å²) >= 11 is 1.41. The van der Waals surface area contributed by atoms with Crippen LogP contribution in [0.25, 0.3) is 0 Å². The maximum absolute atomic E-state index is 11.5. The Morgan fingerprint density at radius 2 is 1.96 bits per heavy atom. The van der Waals surface area contributed by atoms with Gasteiger partial charge in [-0.05, 0) is 48.9 Å². The highest BCUT2D eigenvalue weighted by Gasteiger charge is 2.06. The standard InChI is InChI=1S/C18H20N2O3S/c1-3-23-16-9-7-15(8-10-16)20-18(19)24-12-13-5-4-6-14(11-13)17(21)22-2/h4-11H,3,12H2,1-2H3,(H2,19,20). The summed E-state index contributed by atoms with van der Waals surface area (Å²) in [7, 11) is 1.37. The Labute approximate surface area is 145 Å². The van der Waals surface area contributed by atoms with Gasteiger partial charge in [-0.15, -0.1) is 0 Å². The largest absolute Gasteiger partial charge is 0.494 e. The first-order valence-corrected chi connectivity index (χ1v) is 8.48. The minimum Gasteiger partial charge on any atom is -0.494 e. The van der Waals surface area contributed by atoms with Crippen LogP contribution < -0.4 is 10.5 Å². The molecule has 0 aliphatic carbocycles. The Balaban J connectivity index is 1.97. The lowest BCUT2D eigenvalue weighted by Crippen LogP contribution is -2.06. The van der Waals surface area contributed by atoms with Crippen molar-refractivity contribution in [2.75, 3.05) is 13.7 Å². The summed E-state index contributed by atoms with van der Waals surface area (Å²) in [6.45, 7) is 2.57. The highest BCUT2D eigenvalue weighted by molar-refractivity contribution is 8.13. The van der Waals surface area contributed by atoms with Crippen molar-refractivity contribution in [1.82, 2.24) is 0 Å². The van der Waals surface area contributed by atoms with Crippen molar-refractivity contribution in [2.24, 2.45) is 10.7 Å². The van der Waals surface area contributed by atoms with Crippen molar-refractivity contribution in [3.8, 4) is 5.75 Å². The molecule has 0 saturated heterocycles. The summed E-state index contributed by atoms with van der Waals surface area (Å²) in [5, 5.41) is 0.461. The zero-order valence-corrected chi connectivity index (χ0v) is 14.5. The van der Waals surface area contributed by atoms with Gasteiger partial charge >= 0.3 is 5.97 Å². The topological polar surface area (TPSA) is 73.9 Å². The fraction of sp³-hybridized carbons (Fsp3) is 0.222. The molecule has 5 nitrogen and oxygen atoms in total. The normalized spacial score (nSPS) is 11.2. The van der Waals surface area contributed by atoms with Crippen LogP contribution in [0.2, 0.25) is 0 Å². The van der Waals surface area contributed by atoms with Gasteiger partial charge in [0.2, 0.25) is 0 Å². The molecule has 0 saturated carbocycles. The predicted octanol–water partition coefficient (Wildman–Crippen LogP) is 3.75. The zero-order chi connectivity index (χ0) is 17.4. The van der Waals surface area contributed by atoms with E-state index in [2.05, 4.69) is 4.99 Å². The number of esters is 1.